The summed E-state index contributed by atoms with van der Waals surface area (Å²) in [7, 11) is -2.97. The first-order chi connectivity index (χ1) is 8.37. The lowest BCUT2D eigenvalue weighted by Gasteiger charge is -2.12. The van der Waals surface area contributed by atoms with Crippen molar-refractivity contribution < 1.29 is 8.42 Å². The molecule has 18 heavy (non-hydrogen) atoms. The predicted octanol–water partition coefficient (Wildman–Crippen LogP) is 1.93. The summed E-state index contributed by atoms with van der Waals surface area (Å²) in [6.45, 7) is 1.97. The molecule has 7 heteroatoms. The highest BCUT2D eigenvalue weighted by Gasteiger charge is 2.11. The largest absolute Gasteiger partial charge is 0.389 e. The minimum atomic E-state index is -2.97. The van der Waals surface area contributed by atoms with Crippen LogP contribution in [0.2, 0.25) is 0 Å². The molecule has 0 saturated carbocycles. The summed E-state index contributed by atoms with van der Waals surface area (Å²) in [4.78, 5) is 0.267. The van der Waals surface area contributed by atoms with Gasteiger partial charge >= 0.3 is 0 Å². The Hall–Kier alpha value is -0.660. The number of thiocarbonyl (C=S) groups is 1. The van der Waals surface area contributed by atoms with Crippen LogP contribution in [0.5, 0.6) is 0 Å². The number of nitrogens with two attached hydrogens (primary N) is 1. The zero-order valence-corrected chi connectivity index (χ0v) is 13.2. The molecule has 0 bridgehead atoms. The molecule has 0 atom stereocenters. The molecule has 0 heterocycles. The molecule has 0 unspecified atom stereocenters. The van der Waals surface area contributed by atoms with Crippen LogP contribution in [-0.2, 0) is 9.84 Å². The van der Waals surface area contributed by atoms with E-state index in [2.05, 4.69) is 21.2 Å². The SMILES string of the molecule is CCS(=O)(=O)CCNc1cccc(Br)c1C(N)=S. The van der Waals surface area contributed by atoms with E-state index in [9.17, 15) is 8.42 Å². The lowest BCUT2D eigenvalue weighted by molar-refractivity contribution is 0.597. The third kappa shape index (κ3) is 4.22. The monoisotopic (exact) mass is 350 g/mol. The highest BCUT2D eigenvalue weighted by atomic mass is 79.9. The Labute approximate surface area is 121 Å². The first-order valence-electron chi connectivity index (χ1n) is 5.40. The van der Waals surface area contributed by atoms with E-state index in [0.29, 0.717) is 12.1 Å². The molecule has 0 fully saturated rings. The summed E-state index contributed by atoms with van der Waals surface area (Å²) in [5.41, 5.74) is 7.08. The molecular formula is C11H15BrN2O2S2. The Balaban J connectivity index is 2.80. The molecule has 0 spiro atoms. The van der Waals surface area contributed by atoms with E-state index < -0.39 is 9.84 Å². The molecule has 0 aliphatic rings. The summed E-state index contributed by atoms with van der Waals surface area (Å²) in [5, 5.41) is 3.05. The number of anilines is 1. The zero-order valence-electron chi connectivity index (χ0n) is 9.94. The molecule has 0 aromatic heterocycles. The standard InChI is InChI=1S/C11H15BrN2O2S2/c1-2-18(15,16)7-6-14-9-5-3-4-8(12)10(9)11(13)17/h3-5,14H,2,6-7H2,1H3,(H2,13,17). The van der Waals surface area contributed by atoms with Crippen LogP contribution in [0.15, 0.2) is 22.7 Å². The number of sulfone groups is 1. The fourth-order valence-corrected chi connectivity index (χ4v) is 3.04. The van der Waals surface area contributed by atoms with Crippen LogP contribution in [0, 0.1) is 0 Å². The van der Waals surface area contributed by atoms with Gasteiger partial charge in [0.15, 0.2) is 9.84 Å². The van der Waals surface area contributed by atoms with Crippen LogP contribution >= 0.6 is 28.1 Å². The Morgan fingerprint density at radius 3 is 2.72 bits per heavy atom. The topological polar surface area (TPSA) is 72.2 Å². The number of hydrogen-bond donors (Lipinski definition) is 2. The molecule has 1 rings (SSSR count). The van der Waals surface area contributed by atoms with E-state index in [0.717, 1.165) is 10.2 Å². The van der Waals surface area contributed by atoms with Crippen molar-refractivity contribution in [3.63, 3.8) is 0 Å². The van der Waals surface area contributed by atoms with E-state index in [4.69, 9.17) is 18.0 Å². The van der Waals surface area contributed by atoms with Crippen molar-refractivity contribution in [2.45, 2.75) is 6.92 Å². The van der Waals surface area contributed by atoms with Crippen LogP contribution in [0.1, 0.15) is 12.5 Å². The van der Waals surface area contributed by atoms with Gasteiger partial charge in [0, 0.05) is 28.0 Å². The van der Waals surface area contributed by atoms with Gasteiger partial charge < -0.3 is 11.1 Å². The Morgan fingerprint density at radius 1 is 1.50 bits per heavy atom. The molecule has 0 amide bonds. The number of benzene rings is 1. The minimum absolute atomic E-state index is 0.0901. The molecule has 0 saturated heterocycles. The van der Waals surface area contributed by atoms with Crippen molar-refractivity contribution in [2.24, 2.45) is 5.73 Å². The van der Waals surface area contributed by atoms with Crippen molar-refractivity contribution >= 4 is 48.7 Å². The summed E-state index contributed by atoms with van der Waals surface area (Å²) in [6.07, 6.45) is 0. The maximum absolute atomic E-state index is 11.4. The lowest BCUT2D eigenvalue weighted by atomic mass is 10.2. The van der Waals surface area contributed by atoms with Crippen molar-refractivity contribution in [2.75, 3.05) is 23.4 Å². The van der Waals surface area contributed by atoms with Gasteiger partial charge in [0.05, 0.1) is 5.75 Å². The van der Waals surface area contributed by atoms with Gasteiger partial charge in [0.1, 0.15) is 4.99 Å². The van der Waals surface area contributed by atoms with Gasteiger partial charge in [0.25, 0.3) is 0 Å². The number of nitrogens with one attached hydrogen (secondary N) is 1. The van der Waals surface area contributed by atoms with E-state index in [1.165, 1.54) is 0 Å². The molecule has 4 nitrogen and oxygen atoms in total. The summed E-state index contributed by atoms with van der Waals surface area (Å²) in [5.74, 6) is 0.238. The molecule has 0 aliphatic carbocycles. The minimum Gasteiger partial charge on any atom is -0.389 e. The molecule has 1 aromatic rings. The van der Waals surface area contributed by atoms with Crippen molar-refractivity contribution in [3.8, 4) is 0 Å². The smallest absolute Gasteiger partial charge is 0.151 e. The van der Waals surface area contributed by atoms with Crippen LogP contribution in [0.3, 0.4) is 0 Å². The summed E-state index contributed by atoms with van der Waals surface area (Å²) >= 11 is 8.34. The molecule has 0 aliphatic heterocycles. The molecule has 0 radical (unpaired) electrons. The maximum Gasteiger partial charge on any atom is 0.151 e. The first kappa shape index (κ1) is 15.4. The molecule has 100 valence electrons. The van der Waals surface area contributed by atoms with Crippen LogP contribution in [-0.4, -0.2) is 31.5 Å². The fourth-order valence-electron chi connectivity index (χ4n) is 1.41. The van der Waals surface area contributed by atoms with Crippen LogP contribution in [0.4, 0.5) is 5.69 Å². The quantitative estimate of drug-likeness (QED) is 0.767. The second-order valence-electron chi connectivity index (χ2n) is 3.69. The third-order valence-corrected chi connectivity index (χ3v) is 5.00. The number of hydrogen-bond acceptors (Lipinski definition) is 4. The highest BCUT2D eigenvalue weighted by Crippen LogP contribution is 2.24. The Bertz CT molecular complexity index is 544. The fraction of sp³-hybridized carbons (Fsp3) is 0.364. The second kappa shape index (κ2) is 6.49. The van der Waals surface area contributed by atoms with Gasteiger partial charge in [-0.3, -0.25) is 0 Å². The van der Waals surface area contributed by atoms with Crippen LogP contribution < -0.4 is 11.1 Å². The molecule has 1 aromatic carbocycles. The maximum atomic E-state index is 11.4. The van der Waals surface area contributed by atoms with Gasteiger partial charge in [-0.15, -0.1) is 0 Å². The van der Waals surface area contributed by atoms with Gasteiger partial charge in [0.2, 0.25) is 0 Å². The van der Waals surface area contributed by atoms with E-state index in [1.807, 2.05) is 18.2 Å². The average molecular weight is 351 g/mol. The van der Waals surface area contributed by atoms with Gasteiger partial charge in [-0.2, -0.15) is 0 Å². The average Bonchev–Trinajstić information content (AvgIpc) is 2.28. The van der Waals surface area contributed by atoms with Crippen molar-refractivity contribution in [3.05, 3.63) is 28.2 Å². The van der Waals surface area contributed by atoms with E-state index in [-0.39, 0.29) is 16.5 Å². The second-order valence-corrected chi connectivity index (χ2v) is 7.46. The molecular weight excluding hydrogens is 336 g/mol. The highest BCUT2D eigenvalue weighted by molar-refractivity contribution is 9.10. The normalized spacial score (nSPS) is 11.2. The van der Waals surface area contributed by atoms with E-state index >= 15 is 0 Å². The number of rotatable bonds is 6. The van der Waals surface area contributed by atoms with Gasteiger partial charge in [-0.25, -0.2) is 8.42 Å². The lowest BCUT2D eigenvalue weighted by Crippen LogP contribution is -2.19. The Kier molecular flexibility index (Phi) is 5.55. The molecule has 3 N–H and O–H groups in total. The third-order valence-electron chi connectivity index (χ3n) is 2.43. The van der Waals surface area contributed by atoms with Gasteiger partial charge in [-0.1, -0.05) is 25.2 Å². The summed E-state index contributed by atoms with van der Waals surface area (Å²) < 4.78 is 23.5. The Morgan fingerprint density at radius 2 is 2.17 bits per heavy atom. The van der Waals surface area contributed by atoms with Crippen molar-refractivity contribution in [1.29, 1.82) is 0 Å². The van der Waals surface area contributed by atoms with Crippen LogP contribution in [0.25, 0.3) is 0 Å². The summed E-state index contributed by atoms with van der Waals surface area (Å²) in [6, 6.07) is 5.49. The van der Waals surface area contributed by atoms with Crippen molar-refractivity contribution in [1.82, 2.24) is 0 Å². The predicted molar refractivity (Wildman–Crippen MR) is 82.8 cm³/mol. The number of halogens is 1. The van der Waals surface area contributed by atoms with Gasteiger partial charge in [-0.05, 0) is 28.1 Å². The first-order valence-corrected chi connectivity index (χ1v) is 8.42. The van der Waals surface area contributed by atoms with E-state index in [1.54, 1.807) is 6.92 Å². The zero-order chi connectivity index (χ0) is 13.8.